The second-order valence-electron chi connectivity index (χ2n) is 4.11. The highest BCUT2D eigenvalue weighted by Crippen LogP contribution is 2.16. The van der Waals surface area contributed by atoms with Gasteiger partial charge in [-0.1, -0.05) is 44.7 Å². The molecule has 1 heteroatoms. The zero-order chi connectivity index (χ0) is 11.3. The first-order chi connectivity index (χ1) is 7.13. The standard InChI is InChI=1S/C14H17N/c1-11(2)14-8-6-13(7-9-14)5-4-12(3)10-15/h6-9,11H,3-5H2,1-2H3. The molecule has 0 unspecified atom stereocenters. The third-order valence-corrected chi connectivity index (χ3v) is 2.52. The van der Waals surface area contributed by atoms with E-state index >= 15 is 0 Å². The van der Waals surface area contributed by atoms with Crippen molar-refractivity contribution in [2.45, 2.75) is 32.6 Å². The van der Waals surface area contributed by atoms with E-state index in [1.807, 2.05) is 0 Å². The van der Waals surface area contributed by atoms with Gasteiger partial charge in [0.1, 0.15) is 0 Å². The smallest absolute Gasteiger partial charge is 0.0940 e. The van der Waals surface area contributed by atoms with E-state index in [9.17, 15) is 0 Å². The number of aryl methyl sites for hydroxylation is 1. The Morgan fingerprint density at radius 1 is 1.33 bits per heavy atom. The second kappa shape index (κ2) is 5.36. The maximum absolute atomic E-state index is 8.58. The van der Waals surface area contributed by atoms with E-state index in [0.717, 1.165) is 12.8 Å². The van der Waals surface area contributed by atoms with Gasteiger partial charge >= 0.3 is 0 Å². The van der Waals surface area contributed by atoms with Crippen molar-refractivity contribution in [3.05, 3.63) is 47.5 Å². The summed E-state index contributed by atoms with van der Waals surface area (Å²) in [5.74, 6) is 0.577. The van der Waals surface area contributed by atoms with E-state index in [0.29, 0.717) is 11.5 Å². The number of hydrogen-bond acceptors (Lipinski definition) is 1. The lowest BCUT2D eigenvalue weighted by Crippen LogP contribution is -1.90. The van der Waals surface area contributed by atoms with Crippen LogP contribution >= 0.6 is 0 Å². The van der Waals surface area contributed by atoms with Crippen LogP contribution in [0.2, 0.25) is 0 Å². The van der Waals surface area contributed by atoms with Gasteiger partial charge in [0.25, 0.3) is 0 Å². The monoisotopic (exact) mass is 199 g/mol. The van der Waals surface area contributed by atoms with Crippen LogP contribution in [0.25, 0.3) is 0 Å². The molecular formula is C14H17N. The van der Waals surface area contributed by atoms with Crippen LogP contribution in [0.5, 0.6) is 0 Å². The van der Waals surface area contributed by atoms with Gasteiger partial charge in [-0.3, -0.25) is 0 Å². The zero-order valence-electron chi connectivity index (χ0n) is 9.46. The van der Waals surface area contributed by atoms with Gasteiger partial charge in [0.2, 0.25) is 0 Å². The molecule has 0 atom stereocenters. The Balaban J connectivity index is 2.58. The second-order valence-corrected chi connectivity index (χ2v) is 4.11. The largest absolute Gasteiger partial charge is 0.193 e. The highest BCUT2D eigenvalue weighted by Gasteiger charge is 1.99. The van der Waals surface area contributed by atoms with Crippen LogP contribution in [-0.2, 0) is 6.42 Å². The molecule has 0 aliphatic heterocycles. The Hall–Kier alpha value is -1.55. The van der Waals surface area contributed by atoms with Gasteiger partial charge < -0.3 is 0 Å². The molecule has 1 nitrogen and oxygen atoms in total. The SMILES string of the molecule is C=C(C#N)CCc1ccc(C(C)C)cc1. The molecule has 0 amide bonds. The van der Waals surface area contributed by atoms with E-state index in [1.54, 1.807) is 0 Å². The van der Waals surface area contributed by atoms with E-state index < -0.39 is 0 Å². The molecule has 0 aliphatic carbocycles. The van der Waals surface area contributed by atoms with E-state index in [4.69, 9.17) is 5.26 Å². The summed E-state index contributed by atoms with van der Waals surface area (Å²) in [5.41, 5.74) is 3.29. The Morgan fingerprint density at radius 2 is 1.93 bits per heavy atom. The number of rotatable bonds is 4. The first-order valence-corrected chi connectivity index (χ1v) is 5.30. The molecule has 1 rings (SSSR count). The molecular weight excluding hydrogens is 182 g/mol. The number of nitriles is 1. The van der Waals surface area contributed by atoms with Gasteiger partial charge in [-0.15, -0.1) is 0 Å². The predicted molar refractivity (Wildman–Crippen MR) is 63.6 cm³/mol. The van der Waals surface area contributed by atoms with Crippen molar-refractivity contribution in [1.29, 1.82) is 5.26 Å². The van der Waals surface area contributed by atoms with Gasteiger partial charge in [0.05, 0.1) is 6.07 Å². The molecule has 0 aromatic heterocycles. The predicted octanol–water partition coefficient (Wildman–Crippen LogP) is 3.82. The number of nitrogens with zero attached hydrogens (tertiary/aromatic N) is 1. The summed E-state index contributed by atoms with van der Waals surface area (Å²) in [6, 6.07) is 10.7. The van der Waals surface area contributed by atoms with Crippen molar-refractivity contribution in [3.63, 3.8) is 0 Å². The molecule has 78 valence electrons. The minimum absolute atomic E-state index is 0.577. The topological polar surface area (TPSA) is 23.8 Å². The molecule has 0 fully saturated rings. The minimum atomic E-state index is 0.577. The Morgan fingerprint density at radius 3 is 2.40 bits per heavy atom. The maximum atomic E-state index is 8.58. The van der Waals surface area contributed by atoms with E-state index in [-0.39, 0.29) is 0 Å². The molecule has 15 heavy (non-hydrogen) atoms. The summed E-state index contributed by atoms with van der Waals surface area (Å²) in [5, 5.41) is 8.58. The van der Waals surface area contributed by atoms with Crippen LogP contribution < -0.4 is 0 Å². The third kappa shape index (κ3) is 3.59. The average Bonchev–Trinajstić information content (AvgIpc) is 2.26. The van der Waals surface area contributed by atoms with Crippen LogP contribution in [0, 0.1) is 11.3 Å². The molecule has 0 N–H and O–H groups in total. The molecule has 1 aromatic rings. The van der Waals surface area contributed by atoms with Crippen LogP contribution in [0.15, 0.2) is 36.4 Å². The van der Waals surface area contributed by atoms with Gasteiger partial charge in [-0.25, -0.2) is 0 Å². The van der Waals surface area contributed by atoms with Crippen molar-refractivity contribution in [2.75, 3.05) is 0 Å². The fraction of sp³-hybridized carbons (Fsp3) is 0.357. The summed E-state index contributed by atoms with van der Waals surface area (Å²) in [6.45, 7) is 8.05. The van der Waals surface area contributed by atoms with Gasteiger partial charge in [-0.05, 0) is 29.9 Å². The molecule has 1 aromatic carbocycles. The van der Waals surface area contributed by atoms with Gasteiger partial charge in [-0.2, -0.15) is 5.26 Å². The summed E-state index contributed by atoms with van der Waals surface area (Å²) in [6.07, 6.45) is 1.67. The number of allylic oxidation sites excluding steroid dienone is 1. The normalized spacial score (nSPS) is 10.0. The molecule has 0 saturated heterocycles. The van der Waals surface area contributed by atoms with Crippen LogP contribution in [0.1, 0.15) is 37.3 Å². The lowest BCUT2D eigenvalue weighted by atomic mass is 9.99. The van der Waals surface area contributed by atoms with Crippen LogP contribution in [0.3, 0.4) is 0 Å². The van der Waals surface area contributed by atoms with Crippen molar-refractivity contribution in [1.82, 2.24) is 0 Å². The van der Waals surface area contributed by atoms with Crippen molar-refractivity contribution < 1.29 is 0 Å². The highest BCUT2D eigenvalue weighted by molar-refractivity contribution is 5.26. The van der Waals surface area contributed by atoms with Gasteiger partial charge in [0.15, 0.2) is 0 Å². The fourth-order valence-corrected chi connectivity index (χ4v) is 1.42. The summed E-state index contributed by atoms with van der Waals surface area (Å²) >= 11 is 0. The molecule has 0 bridgehead atoms. The van der Waals surface area contributed by atoms with Crippen molar-refractivity contribution in [2.24, 2.45) is 0 Å². The summed E-state index contributed by atoms with van der Waals surface area (Å²) in [4.78, 5) is 0. The molecule has 0 spiro atoms. The van der Waals surface area contributed by atoms with E-state index in [1.165, 1.54) is 11.1 Å². The zero-order valence-corrected chi connectivity index (χ0v) is 9.46. The van der Waals surface area contributed by atoms with Crippen molar-refractivity contribution in [3.8, 4) is 6.07 Å². The Kier molecular flexibility index (Phi) is 4.12. The highest BCUT2D eigenvalue weighted by atomic mass is 14.2. The summed E-state index contributed by atoms with van der Waals surface area (Å²) in [7, 11) is 0. The van der Waals surface area contributed by atoms with Crippen molar-refractivity contribution >= 4 is 0 Å². The Bertz CT molecular complexity index is 365. The Labute approximate surface area is 92.1 Å². The quantitative estimate of drug-likeness (QED) is 0.676. The average molecular weight is 199 g/mol. The third-order valence-electron chi connectivity index (χ3n) is 2.52. The summed E-state index contributed by atoms with van der Waals surface area (Å²) < 4.78 is 0. The molecule has 0 saturated carbocycles. The first kappa shape index (κ1) is 11.5. The number of benzene rings is 1. The lowest BCUT2D eigenvalue weighted by Gasteiger charge is -2.06. The number of hydrogen-bond donors (Lipinski definition) is 0. The van der Waals surface area contributed by atoms with Crippen LogP contribution in [0.4, 0.5) is 0 Å². The minimum Gasteiger partial charge on any atom is -0.193 e. The van der Waals surface area contributed by atoms with E-state index in [2.05, 4.69) is 50.8 Å². The maximum Gasteiger partial charge on any atom is 0.0940 e. The lowest BCUT2D eigenvalue weighted by molar-refractivity contribution is 0.863. The molecule has 0 aliphatic rings. The first-order valence-electron chi connectivity index (χ1n) is 5.30. The fourth-order valence-electron chi connectivity index (χ4n) is 1.42. The molecule has 0 heterocycles. The van der Waals surface area contributed by atoms with Crippen LogP contribution in [-0.4, -0.2) is 0 Å². The molecule has 0 radical (unpaired) electrons. The van der Waals surface area contributed by atoms with Gasteiger partial charge in [0, 0.05) is 5.57 Å².